The van der Waals surface area contributed by atoms with Gasteiger partial charge in [-0.3, -0.25) is 4.79 Å². The number of hydrogen-bond acceptors (Lipinski definition) is 4. The lowest BCUT2D eigenvalue weighted by atomic mass is 9.97. The molecule has 0 aliphatic carbocycles. The van der Waals surface area contributed by atoms with Gasteiger partial charge in [-0.15, -0.1) is 0 Å². The number of carbonyl (C=O) groups excluding carboxylic acids is 1. The molecule has 5 nitrogen and oxygen atoms in total. The molecule has 0 aliphatic rings. The molecule has 5 heteroatoms. The van der Waals surface area contributed by atoms with Crippen LogP contribution in [0.3, 0.4) is 0 Å². The molecule has 0 aromatic rings. The maximum atomic E-state index is 12.5. The number of aliphatic hydroxyl groups excluding tert-OH is 2. The molecule has 0 heterocycles. The van der Waals surface area contributed by atoms with Crippen molar-refractivity contribution < 1.29 is 15.0 Å². The van der Waals surface area contributed by atoms with E-state index < -0.39 is 18.4 Å². The topological polar surface area (TPSA) is 95.6 Å². The average molecular weight is 639 g/mol. The number of rotatable bonds is 37. The molecule has 1 amide bonds. The van der Waals surface area contributed by atoms with Crippen molar-refractivity contribution in [2.24, 2.45) is 5.73 Å². The van der Waals surface area contributed by atoms with Gasteiger partial charge in [0.1, 0.15) is 5.66 Å². The fourth-order valence-electron chi connectivity index (χ4n) is 6.53. The van der Waals surface area contributed by atoms with Crippen LogP contribution in [0.15, 0.2) is 0 Å². The quantitative estimate of drug-likeness (QED) is 0.0402. The van der Waals surface area contributed by atoms with Crippen molar-refractivity contribution in [1.82, 2.24) is 5.32 Å². The summed E-state index contributed by atoms with van der Waals surface area (Å²) in [4.78, 5) is 12.5. The van der Waals surface area contributed by atoms with Crippen molar-refractivity contribution >= 4 is 5.91 Å². The zero-order valence-corrected chi connectivity index (χ0v) is 30.7. The molecule has 0 bridgehead atoms. The summed E-state index contributed by atoms with van der Waals surface area (Å²) in [5.41, 5.74) is 4.79. The van der Waals surface area contributed by atoms with E-state index >= 15 is 0 Å². The van der Waals surface area contributed by atoms with Crippen LogP contribution < -0.4 is 11.1 Å². The van der Waals surface area contributed by atoms with Gasteiger partial charge in [0.15, 0.2) is 0 Å². The minimum absolute atomic E-state index is 0.164. The van der Waals surface area contributed by atoms with Crippen molar-refractivity contribution in [3.8, 4) is 0 Å². The van der Waals surface area contributed by atoms with Gasteiger partial charge in [-0.1, -0.05) is 213 Å². The SMILES string of the molecule is CCCCCCCCCCCCCCCCCCC[C@@H](O)[C@](N)(CO)NC(=O)CCCCCCCCCCCCCCCCC. The van der Waals surface area contributed by atoms with E-state index in [4.69, 9.17) is 5.73 Å². The van der Waals surface area contributed by atoms with Gasteiger partial charge in [-0.2, -0.15) is 0 Å². The van der Waals surface area contributed by atoms with Crippen molar-refractivity contribution in [1.29, 1.82) is 0 Å². The summed E-state index contributed by atoms with van der Waals surface area (Å²) >= 11 is 0. The van der Waals surface area contributed by atoms with Crippen LogP contribution in [0.4, 0.5) is 0 Å². The fourth-order valence-corrected chi connectivity index (χ4v) is 6.53. The van der Waals surface area contributed by atoms with Gasteiger partial charge in [0.25, 0.3) is 0 Å². The predicted octanol–water partition coefficient (Wildman–Crippen LogP) is 11.4. The molecule has 2 atom stereocenters. The van der Waals surface area contributed by atoms with Gasteiger partial charge in [-0.05, 0) is 12.8 Å². The zero-order chi connectivity index (χ0) is 33.1. The molecule has 0 rings (SSSR count). The second-order valence-electron chi connectivity index (χ2n) is 14.4. The van der Waals surface area contributed by atoms with Crippen molar-refractivity contribution in [2.75, 3.05) is 6.61 Å². The summed E-state index contributed by atoms with van der Waals surface area (Å²) in [6, 6.07) is 0. The minimum Gasteiger partial charge on any atom is -0.392 e. The first-order valence-electron chi connectivity index (χ1n) is 20.4. The lowest BCUT2D eigenvalue weighted by molar-refractivity contribution is -0.126. The van der Waals surface area contributed by atoms with Gasteiger partial charge >= 0.3 is 0 Å². The highest BCUT2D eigenvalue weighted by Crippen LogP contribution is 2.17. The van der Waals surface area contributed by atoms with Crippen LogP contribution in [0.1, 0.15) is 232 Å². The van der Waals surface area contributed by atoms with Crippen molar-refractivity contribution in [3.05, 3.63) is 0 Å². The van der Waals surface area contributed by atoms with Crippen LogP contribution >= 0.6 is 0 Å². The maximum absolute atomic E-state index is 12.5. The molecule has 5 N–H and O–H groups in total. The molecule has 0 aliphatic heterocycles. The van der Waals surface area contributed by atoms with E-state index in [2.05, 4.69) is 19.2 Å². The van der Waals surface area contributed by atoms with Crippen molar-refractivity contribution in [3.63, 3.8) is 0 Å². The Morgan fingerprint density at radius 3 is 1.07 bits per heavy atom. The number of aliphatic hydroxyl groups is 2. The van der Waals surface area contributed by atoms with Crippen LogP contribution in [-0.4, -0.2) is 34.5 Å². The van der Waals surface area contributed by atoms with Crippen LogP contribution in [0, 0.1) is 0 Å². The molecule has 270 valence electrons. The second kappa shape index (κ2) is 34.7. The molecule has 0 saturated carbocycles. The summed E-state index contributed by atoms with van der Waals surface area (Å²) in [5.74, 6) is -0.164. The van der Waals surface area contributed by atoms with Crippen LogP contribution in [0.5, 0.6) is 0 Å². The highest BCUT2D eigenvalue weighted by atomic mass is 16.3. The number of nitrogens with one attached hydrogen (secondary N) is 1. The minimum atomic E-state index is -1.44. The molecule has 0 unspecified atom stereocenters. The Morgan fingerprint density at radius 2 is 0.778 bits per heavy atom. The van der Waals surface area contributed by atoms with E-state index in [9.17, 15) is 15.0 Å². The smallest absolute Gasteiger partial charge is 0.221 e. The van der Waals surface area contributed by atoms with Gasteiger partial charge in [0.2, 0.25) is 5.91 Å². The number of nitrogens with two attached hydrogens (primary N) is 1. The number of unbranched alkanes of at least 4 members (excludes halogenated alkanes) is 30. The average Bonchev–Trinajstić information content (AvgIpc) is 3.04. The molecule has 0 radical (unpaired) electrons. The van der Waals surface area contributed by atoms with Gasteiger partial charge < -0.3 is 21.3 Å². The second-order valence-corrected chi connectivity index (χ2v) is 14.4. The summed E-state index contributed by atoms with van der Waals surface area (Å²) in [6.07, 6.45) is 41.8. The van der Waals surface area contributed by atoms with E-state index in [1.807, 2.05) is 0 Å². The van der Waals surface area contributed by atoms with E-state index in [1.165, 1.54) is 180 Å². The zero-order valence-electron chi connectivity index (χ0n) is 30.7. The molecule has 0 aromatic carbocycles. The Morgan fingerprint density at radius 1 is 0.511 bits per heavy atom. The highest BCUT2D eigenvalue weighted by Gasteiger charge is 2.34. The number of hydrogen-bond donors (Lipinski definition) is 4. The summed E-state index contributed by atoms with van der Waals surface area (Å²) in [7, 11) is 0. The maximum Gasteiger partial charge on any atom is 0.221 e. The molecular weight excluding hydrogens is 556 g/mol. The van der Waals surface area contributed by atoms with Crippen LogP contribution in [0.25, 0.3) is 0 Å². The van der Waals surface area contributed by atoms with Crippen molar-refractivity contribution in [2.45, 2.75) is 244 Å². The molecular formula is C40H82N2O3. The monoisotopic (exact) mass is 639 g/mol. The first-order valence-corrected chi connectivity index (χ1v) is 20.4. The summed E-state index contributed by atoms with van der Waals surface area (Å²) in [6.45, 7) is 4.11. The molecule has 0 spiro atoms. The Labute approximate surface area is 282 Å². The number of carbonyl (C=O) groups is 1. The van der Waals surface area contributed by atoms with E-state index in [1.54, 1.807) is 0 Å². The third kappa shape index (κ3) is 30.4. The van der Waals surface area contributed by atoms with Crippen LogP contribution in [0.2, 0.25) is 0 Å². The fraction of sp³-hybridized carbons (Fsp3) is 0.975. The molecule has 45 heavy (non-hydrogen) atoms. The predicted molar refractivity (Wildman–Crippen MR) is 196 cm³/mol. The first-order chi connectivity index (χ1) is 22.0. The largest absolute Gasteiger partial charge is 0.392 e. The third-order valence-corrected chi connectivity index (χ3v) is 9.82. The highest BCUT2D eigenvalue weighted by molar-refractivity contribution is 5.76. The van der Waals surface area contributed by atoms with Gasteiger partial charge in [0, 0.05) is 6.42 Å². The molecule has 0 saturated heterocycles. The first kappa shape index (κ1) is 44.4. The summed E-state index contributed by atoms with van der Waals surface area (Å²) < 4.78 is 0. The van der Waals surface area contributed by atoms with Gasteiger partial charge in [0.05, 0.1) is 12.7 Å². The normalized spacial score (nSPS) is 13.6. The van der Waals surface area contributed by atoms with E-state index in [0.717, 1.165) is 25.7 Å². The lowest BCUT2D eigenvalue weighted by Crippen LogP contribution is -2.65. The lowest BCUT2D eigenvalue weighted by Gasteiger charge is -2.33. The van der Waals surface area contributed by atoms with E-state index in [-0.39, 0.29) is 5.91 Å². The van der Waals surface area contributed by atoms with Crippen LogP contribution in [-0.2, 0) is 4.79 Å². The van der Waals surface area contributed by atoms with E-state index in [0.29, 0.717) is 12.8 Å². The summed E-state index contributed by atoms with van der Waals surface area (Å²) in [5, 5.41) is 23.2. The molecule has 0 fully saturated rings. The van der Waals surface area contributed by atoms with Gasteiger partial charge in [-0.25, -0.2) is 0 Å². The Bertz CT molecular complexity index is 602. The standard InChI is InChI=1S/C40H82N2O3/c1-3-5-7-9-11-13-15-17-19-20-22-23-25-27-29-31-33-35-38(44)40(41,37-43)42-39(45)36-34-32-30-28-26-24-21-18-16-14-12-10-8-6-4-2/h38,43-44H,3-37,41H2,1-2H3,(H,42,45)/t38-,40+/m1/s1. The number of amides is 1. The Hall–Kier alpha value is -0.650. The Kier molecular flexibility index (Phi) is 34.2. The molecule has 0 aromatic heterocycles. The third-order valence-electron chi connectivity index (χ3n) is 9.82. The Balaban J connectivity index is 3.62.